The summed E-state index contributed by atoms with van der Waals surface area (Å²) in [6.07, 6.45) is 11.5. The van der Waals surface area contributed by atoms with Gasteiger partial charge in [0.2, 0.25) is 0 Å². The van der Waals surface area contributed by atoms with Crippen LogP contribution in [-0.4, -0.2) is 49.3 Å². The lowest BCUT2D eigenvalue weighted by molar-refractivity contribution is 0.0232. The van der Waals surface area contributed by atoms with Gasteiger partial charge in [0.05, 0.1) is 6.10 Å². The Morgan fingerprint density at radius 3 is 2.20 bits per heavy atom. The lowest BCUT2D eigenvalue weighted by atomic mass is 9.79. The van der Waals surface area contributed by atoms with Crippen molar-refractivity contribution in [3.05, 3.63) is 0 Å². The van der Waals surface area contributed by atoms with Crippen LogP contribution in [0.15, 0.2) is 0 Å². The van der Waals surface area contributed by atoms with Crippen molar-refractivity contribution < 1.29 is 4.74 Å². The number of nitrogens with zero attached hydrogens (tertiary/aromatic N) is 1. The van der Waals surface area contributed by atoms with E-state index in [1.807, 2.05) is 7.11 Å². The van der Waals surface area contributed by atoms with Gasteiger partial charge in [-0.1, -0.05) is 25.7 Å². The van der Waals surface area contributed by atoms with E-state index in [1.54, 1.807) is 0 Å². The van der Waals surface area contributed by atoms with Gasteiger partial charge >= 0.3 is 0 Å². The molecule has 1 aliphatic carbocycles. The highest BCUT2D eigenvalue weighted by atomic mass is 16.5. The summed E-state index contributed by atoms with van der Waals surface area (Å²) in [7, 11) is 1.81. The van der Waals surface area contributed by atoms with Crippen LogP contribution in [0.25, 0.3) is 0 Å². The first-order valence-corrected chi connectivity index (χ1v) is 8.69. The number of likely N-dealkylation sites (tertiary alicyclic amines) is 1. The van der Waals surface area contributed by atoms with E-state index in [-0.39, 0.29) is 6.10 Å². The minimum Gasteiger partial charge on any atom is -0.380 e. The second-order valence-corrected chi connectivity index (χ2v) is 6.94. The Hall–Kier alpha value is -0.120. The summed E-state index contributed by atoms with van der Waals surface area (Å²) in [5, 5.41) is 3.77. The lowest BCUT2D eigenvalue weighted by Gasteiger charge is -2.49. The minimum atomic E-state index is 0.289. The molecule has 2 atom stereocenters. The predicted octanol–water partition coefficient (Wildman–Crippen LogP) is 3.19. The van der Waals surface area contributed by atoms with Gasteiger partial charge in [-0.15, -0.1) is 0 Å². The molecule has 3 heteroatoms. The normalized spacial score (nSPS) is 27.1. The van der Waals surface area contributed by atoms with Gasteiger partial charge in [-0.3, -0.25) is 4.90 Å². The zero-order chi connectivity index (χ0) is 14.4. The van der Waals surface area contributed by atoms with Crippen molar-refractivity contribution in [1.29, 1.82) is 0 Å². The fourth-order valence-electron chi connectivity index (χ4n) is 3.90. The van der Waals surface area contributed by atoms with E-state index >= 15 is 0 Å². The monoisotopic (exact) mass is 282 g/mol. The molecule has 1 heterocycles. The maximum absolute atomic E-state index is 5.45. The fraction of sp³-hybridized carbons (Fsp3) is 1.00. The second kappa shape index (κ2) is 7.77. The van der Waals surface area contributed by atoms with Crippen molar-refractivity contribution >= 4 is 0 Å². The van der Waals surface area contributed by atoms with Crippen molar-refractivity contribution in [2.24, 2.45) is 0 Å². The predicted molar refractivity (Wildman–Crippen MR) is 85.2 cm³/mol. The summed E-state index contributed by atoms with van der Waals surface area (Å²) in [5.41, 5.74) is 0.431. The summed E-state index contributed by atoms with van der Waals surface area (Å²) in [6.45, 7) is 8.18. The molecule has 1 saturated heterocycles. The number of piperidine rings is 1. The summed E-state index contributed by atoms with van der Waals surface area (Å²) in [6, 6.07) is 0.434. The van der Waals surface area contributed by atoms with Gasteiger partial charge < -0.3 is 10.1 Å². The van der Waals surface area contributed by atoms with Crippen molar-refractivity contribution in [1.82, 2.24) is 10.2 Å². The van der Waals surface area contributed by atoms with Crippen molar-refractivity contribution in [3.8, 4) is 0 Å². The molecule has 0 amide bonds. The highest BCUT2D eigenvalue weighted by molar-refractivity contribution is 4.96. The van der Waals surface area contributed by atoms with Gasteiger partial charge in [0.25, 0.3) is 0 Å². The summed E-state index contributed by atoms with van der Waals surface area (Å²) < 4.78 is 5.45. The van der Waals surface area contributed by atoms with E-state index in [1.165, 1.54) is 64.5 Å². The molecule has 2 unspecified atom stereocenters. The third-order valence-electron chi connectivity index (χ3n) is 5.64. The van der Waals surface area contributed by atoms with E-state index in [4.69, 9.17) is 4.74 Å². The van der Waals surface area contributed by atoms with Crippen molar-refractivity contribution in [2.45, 2.75) is 82.9 Å². The number of hydrogen-bond donors (Lipinski definition) is 1. The number of hydrogen-bond acceptors (Lipinski definition) is 3. The Kier molecular flexibility index (Phi) is 6.31. The summed E-state index contributed by atoms with van der Waals surface area (Å²) in [4.78, 5) is 2.81. The molecule has 0 aromatic carbocycles. The lowest BCUT2D eigenvalue weighted by Crippen LogP contribution is -2.59. The van der Waals surface area contributed by atoms with E-state index in [0.717, 1.165) is 6.54 Å². The molecule has 2 rings (SSSR count). The molecule has 1 N–H and O–H groups in total. The summed E-state index contributed by atoms with van der Waals surface area (Å²) in [5.74, 6) is 0. The van der Waals surface area contributed by atoms with Gasteiger partial charge in [0.1, 0.15) is 0 Å². The van der Waals surface area contributed by atoms with Crippen LogP contribution in [0.4, 0.5) is 0 Å². The smallest absolute Gasteiger partial charge is 0.0693 e. The van der Waals surface area contributed by atoms with Crippen LogP contribution >= 0.6 is 0 Å². The summed E-state index contributed by atoms with van der Waals surface area (Å²) >= 11 is 0. The topological polar surface area (TPSA) is 24.5 Å². The first-order chi connectivity index (χ1) is 9.68. The zero-order valence-corrected chi connectivity index (χ0v) is 13.8. The molecule has 118 valence electrons. The third-order valence-corrected chi connectivity index (χ3v) is 5.64. The molecule has 3 nitrogen and oxygen atoms in total. The largest absolute Gasteiger partial charge is 0.380 e. The number of ether oxygens (including phenoxy) is 1. The first kappa shape index (κ1) is 16.3. The molecule has 2 fully saturated rings. The zero-order valence-electron chi connectivity index (χ0n) is 13.8. The van der Waals surface area contributed by atoms with Crippen LogP contribution in [0.1, 0.15) is 65.2 Å². The van der Waals surface area contributed by atoms with Gasteiger partial charge in [0, 0.05) is 25.2 Å². The highest BCUT2D eigenvalue weighted by Gasteiger charge is 2.38. The molecule has 0 spiro atoms. The van der Waals surface area contributed by atoms with E-state index in [9.17, 15) is 0 Å². The Balaban J connectivity index is 1.95. The van der Waals surface area contributed by atoms with Gasteiger partial charge in [-0.2, -0.15) is 0 Å². The molecule has 20 heavy (non-hydrogen) atoms. The number of methoxy groups -OCH3 is 1. The molecule has 2 aliphatic rings. The second-order valence-electron chi connectivity index (χ2n) is 6.94. The maximum Gasteiger partial charge on any atom is 0.0693 e. The molecule has 0 aromatic heterocycles. The molecular formula is C17H34N2O. The maximum atomic E-state index is 5.45. The average molecular weight is 282 g/mol. The molecule has 0 bridgehead atoms. The van der Waals surface area contributed by atoms with Crippen LogP contribution in [0.5, 0.6) is 0 Å². The first-order valence-electron chi connectivity index (χ1n) is 8.69. The van der Waals surface area contributed by atoms with Crippen molar-refractivity contribution in [2.75, 3.05) is 26.7 Å². The molecule has 0 aromatic rings. The van der Waals surface area contributed by atoms with Crippen molar-refractivity contribution in [3.63, 3.8) is 0 Å². The van der Waals surface area contributed by atoms with Crippen LogP contribution in [-0.2, 0) is 4.74 Å². The minimum absolute atomic E-state index is 0.289. The third kappa shape index (κ3) is 3.96. The Morgan fingerprint density at radius 1 is 1.00 bits per heavy atom. The Bertz CT molecular complexity index is 270. The molecule has 1 saturated carbocycles. The van der Waals surface area contributed by atoms with Crippen LogP contribution < -0.4 is 5.32 Å². The van der Waals surface area contributed by atoms with E-state index < -0.39 is 0 Å². The van der Waals surface area contributed by atoms with E-state index in [2.05, 4.69) is 24.1 Å². The van der Waals surface area contributed by atoms with Crippen LogP contribution in [0.2, 0.25) is 0 Å². The standard InChI is InChI=1S/C17H34N2O/c1-15(16(2)20-3)18-14-17(10-6-4-7-11-17)19-12-8-5-9-13-19/h15-16,18H,4-14H2,1-3H3. The average Bonchev–Trinajstić information content (AvgIpc) is 2.53. The van der Waals surface area contributed by atoms with Crippen LogP contribution in [0, 0.1) is 0 Å². The Labute approximate surface area is 125 Å². The number of rotatable bonds is 6. The Morgan fingerprint density at radius 2 is 1.60 bits per heavy atom. The fourth-order valence-corrected chi connectivity index (χ4v) is 3.90. The molecule has 0 radical (unpaired) electrons. The molecular weight excluding hydrogens is 248 g/mol. The van der Waals surface area contributed by atoms with E-state index in [0.29, 0.717) is 11.6 Å². The van der Waals surface area contributed by atoms with Crippen LogP contribution in [0.3, 0.4) is 0 Å². The van der Waals surface area contributed by atoms with Gasteiger partial charge in [-0.25, -0.2) is 0 Å². The SMILES string of the molecule is COC(C)C(C)NCC1(N2CCCCC2)CCCCC1. The molecule has 1 aliphatic heterocycles. The quantitative estimate of drug-likeness (QED) is 0.810. The van der Waals surface area contributed by atoms with Gasteiger partial charge in [0.15, 0.2) is 0 Å². The highest BCUT2D eigenvalue weighted by Crippen LogP contribution is 2.35. The van der Waals surface area contributed by atoms with Gasteiger partial charge in [-0.05, 0) is 52.6 Å². The number of nitrogens with one attached hydrogen (secondary N) is 1.